The lowest BCUT2D eigenvalue weighted by molar-refractivity contribution is 0.0709. The van der Waals surface area contributed by atoms with Gasteiger partial charge in [-0.05, 0) is 23.1 Å². The minimum atomic E-state index is -2.40. The molecule has 3 nitrogen and oxygen atoms in total. The van der Waals surface area contributed by atoms with Crippen LogP contribution in [0.2, 0.25) is 0 Å². The van der Waals surface area contributed by atoms with Crippen LogP contribution in [0.5, 0.6) is 5.75 Å². The first kappa shape index (κ1) is 17.9. The molecule has 0 heterocycles. The van der Waals surface area contributed by atoms with Crippen molar-refractivity contribution < 1.29 is 18.6 Å². The fourth-order valence-corrected chi connectivity index (χ4v) is 1.97. The molecule has 1 rings (SSSR count). The van der Waals surface area contributed by atoms with Crippen LogP contribution in [0.1, 0.15) is 26.3 Å². The molecule has 0 radical (unpaired) electrons. The number of aliphatic hydroxyl groups excluding tert-OH is 1. The van der Waals surface area contributed by atoms with Crippen molar-refractivity contribution in [2.75, 3.05) is 32.8 Å². The molecular weight excluding hydrogens is 276 g/mol. The topological polar surface area (TPSA) is 32.7 Å². The summed E-state index contributed by atoms with van der Waals surface area (Å²) < 4.78 is 30.3. The maximum absolute atomic E-state index is 12.4. The normalized spacial score (nSPS) is 12.2. The van der Waals surface area contributed by atoms with Gasteiger partial charge in [0.15, 0.2) is 0 Å². The van der Waals surface area contributed by atoms with Crippen LogP contribution in [0.25, 0.3) is 0 Å². The Morgan fingerprint density at radius 1 is 1.14 bits per heavy atom. The molecule has 5 heteroatoms. The maximum atomic E-state index is 12.4. The van der Waals surface area contributed by atoms with Crippen molar-refractivity contribution >= 4 is 0 Å². The van der Waals surface area contributed by atoms with Gasteiger partial charge in [-0.1, -0.05) is 32.9 Å². The molecule has 0 aliphatic heterocycles. The molecule has 0 unspecified atom stereocenters. The number of alkyl halides is 2. The van der Waals surface area contributed by atoms with Crippen LogP contribution in [0.15, 0.2) is 24.3 Å². The zero-order valence-electron chi connectivity index (χ0n) is 13.0. The number of hydrogen-bond acceptors (Lipinski definition) is 3. The lowest BCUT2D eigenvalue weighted by Gasteiger charge is -2.21. The van der Waals surface area contributed by atoms with Crippen molar-refractivity contribution in [3.8, 4) is 5.75 Å². The van der Waals surface area contributed by atoms with Gasteiger partial charge in [-0.15, -0.1) is 0 Å². The predicted molar refractivity (Wildman–Crippen MR) is 80.2 cm³/mol. The molecule has 1 N–H and O–H groups in total. The summed E-state index contributed by atoms with van der Waals surface area (Å²) in [7, 11) is 0. The number of nitrogens with zero attached hydrogens (tertiary/aromatic N) is 1. The summed E-state index contributed by atoms with van der Waals surface area (Å²) in [6.07, 6.45) is -2.40. The van der Waals surface area contributed by atoms with Crippen molar-refractivity contribution in [2.45, 2.75) is 32.6 Å². The summed E-state index contributed by atoms with van der Waals surface area (Å²) in [5.74, 6) is 0.726. The van der Waals surface area contributed by atoms with Gasteiger partial charge >= 0.3 is 0 Å². The third-order valence-corrected chi connectivity index (χ3v) is 3.21. The van der Waals surface area contributed by atoms with Crippen molar-refractivity contribution in [2.24, 2.45) is 0 Å². The average molecular weight is 301 g/mol. The van der Waals surface area contributed by atoms with E-state index in [1.165, 1.54) is 10.5 Å². The minimum Gasteiger partial charge on any atom is -0.492 e. The van der Waals surface area contributed by atoms with Gasteiger partial charge in [-0.2, -0.15) is 0 Å². The molecular formula is C16H25F2NO2. The Kier molecular flexibility index (Phi) is 7.05. The van der Waals surface area contributed by atoms with Crippen LogP contribution in [-0.4, -0.2) is 49.3 Å². The molecule has 0 fully saturated rings. The summed E-state index contributed by atoms with van der Waals surface area (Å²) in [6.45, 7) is 6.87. The monoisotopic (exact) mass is 301 g/mol. The van der Waals surface area contributed by atoms with E-state index in [9.17, 15) is 8.78 Å². The smallest absolute Gasteiger partial charge is 0.251 e. The molecule has 120 valence electrons. The third-order valence-electron chi connectivity index (χ3n) is 3.21. The van der Waals surface area contributed by atoms with Crippen molar-refractivity contribution in [3.63, 3.8) is 0 Å². The molecule has 1 aromatic rings. The SMILES string of the molecule is CC(C)(C)c1ccc(OCCN(CCO)CC(F)F)cc1. The van der Waals surface area contributed by atoms with E-state index < -0.39 is 6.43 Å². The molecule has 1 aromatic carbocycles. The zero-order valence-corrected chi connectivity index (χ0v) is 13.0. The number of hydrogen-bond donors (Lipinski definition) is 1. The number of rotatable bonds is 8. The first-order chi connectivity index (χ1) is 9.82. The summed E-state index contributed by atoms with van der Waals surface area (Å²) in [6, 6.07) is 7.81. The number of aliphatic hydroxyl groups is 1. The summed E-state index contributed by atoms with van der Waals surface area (Å²) >= 11 is 0. The Morgan fingerprint density at radius 3 is 2.24 bits per heavy atom. The average Bonchev–Trinajstić information content (AvgIpc) is 2.38. The van der Waals surface area contributed by atoms with Gasteiger partial charge in [0.1, 0.15) is 12.4 Å². The van der Waals surface area contributed by atoms with E-state index in [0.717, 1.165) is 5.75 Å². The summed E-state index contributed by atoms with van der Waals surface area (Å²) in [5.41, 5.74) is 1.31. The van der Waals surface area contributed by atoms with Crippen molar-refractivity contribution in [1.29, 1.82) is 0 Å². The first-order valence-electron chi connectivity index (χ1n) is 7.17. The van der Waals surface area contributed by atoms with E-state index >= 15 is 0 Å². The Morgan fingerprint density at radius 2 is 1.76 bits per heavy atom. The third kappa shape index (κ3) is 6.87. The lowest BCUT2D eigenvalue weighted by atomic mass is 9.87. The van der Waals surface area contributed by atoms with Crippen LogP contribution in [-0.2, 0) is 5.41 Å². The highest BCUT2D eigenvalue weighted by Gasteiger charge is 2.13. The van der Waals surface area contributed by atoms with Gasteiger partial charge in [0.2, 0.25) is 0 Å². The standard InChI is InChI=1S/C16H25F2NO2/c1-16(2,3)13-4-6-14(7-5-13)21-11-9-19(8-10-20)12-15(17)18/h4-7,15,20H,8-12H2,1-3H3. The second-order valence-electron chi connectivity index (χ2n) is 6.04. The highest BCUT2D eigenvalue weighted by atomic mass is 19.3. The van der Waals surface area contributed by atoms with Crippen molar-refractivity contribution in [3.05, 3.63) is 29.8 Å². The lowest BCUT2D eigenvalue weighted by Crippen LogP contribution is -2.35. The second-order valence-corrected chi connectivity index (χ2v) is 6.04. The molecule has 0 saturated carbocycles. The molecule has 0 amide bonds. The van der Waals surface area contributed by atoms with Gasteiger partial charge in [-0.3, -0.25) is 4.90 Å². The molecule has 0 aliphatic carbocycles. The van der Waals surface area contributed by atoms with Crippen LogP contribution >= 0.6 is 0 Å². The first-order valence-corrected chi connectivity index (χ1v) is 7.17. The highest BCUT2D eigenvalue weighted by Crippen LogP contribution is 2.24. The Bertz CT molecular complexity index is 402. The number of benzene rings is 1. The molecule has 0 spiro atoms. The van der Waals surface area contributed by atoms with Gasteiger partial charge in [0, 0.05) is 13.1 Å². The fraction of sp³-hybridized carbons (Fsp3) is 0.625. The number of halogens is 2. The molecule has 0 saturated heterocycles. The Labute approximate surface area is 125 Å². The van der Waals surface area contributed by atoms with E-state index in [2.05, 4.69) is 20.8 Å². The zero-order chi connectivity index (χ0) is 15.9. The van der Waals surface area contributed by atoms with E-state index in [1.807, 2.05) is 24.3 Å². The molecule has 0 aliphatic rings. The Balaban J connectivity index is 2.44. The van der Waals surface area contributed by atoms with Gasteiger partial charge in [0.25, 0.3) is 6.43 Å². The van der Waals surface area contributed by atoms with E-state index in [-0.39, 0.29) is 25.1 Å². The van der Waals surface area contributed by atoms with Crippen LogP contribution in [0, 0.1) is 0 Å². The van der Waals surface area contributed by atoms with E-state index in [4.69, 9.17) is 9.84 Å². The predicted octanol–water partition coefficient (Wildman–Crippen LogP) is 2.92. The highest BCUT2D eigenvalue weighted by molar-refractivity contribution is 5.31. The molecule has 0 aromatic heterocycles. The van der Waals surface area contributed by atoms with Crippen LogP contribution < -0.4 is 4.74 Å². The van der Waals surface area contributed by atoms with Gasteiger partial charge in [-0.25, -0.2) is 8.78 Å². The largest absolute Gasteiger partial charge is 0.492 e. The second kappa shape index (κ2) is 8.29. The summed E-state index contributed by atoms with van der Waals surface area (Å²) in [5, 5.41) is 8.85. The summed E-state index contributed by atoms with van der Waals surface area (Å²) in [4.78, 5) is 1.49. The van der Waals surface area contributed by atoms with Crippen LogP contribution in [0.4, 0.5) is 8.78 Å². The van der Waals surface area contributed by atoms with Gasteiger partial charge in [0.05, 0.1) is 13.2 Å². The molecule has 0 atom stereocenters. The molecule has 21 heavy (non-hydrogen) atoms. The minimum absolute atomic E-state index is 0.0910. The number of ether oxygens (including phenoxy) is 1. The fourth-order valence-electron chi connectivity index (χ4n) is 1.97. The van der Waals surface area contributed by atoms with E-state index in [1.54, 1.807) is 0 Å². The van der Waals surface area contributed by atoms with Gasteiger partial charge < -0.3 is 9.84 Å². The van der Waals surface area contributed by atoms with E-state index in [0.29, 0.717) is 13.2 Å². The van der Waals surface area contributed by atoms with Crippen LogP contribution in [0.3, 0.4) is 0 Å². The maximum Gasteiger partial charge on any atom is 0.251 e. The van der Waals surface area contributed by atoms with Crippen molar-refractivity contribution in [1.82, 2.24) is 4.90 Å². The molecule has 0 bridgehead atoms. The Hall–Kier alpha value is -1.20. The quantitative estimate of drug-likeness (QED) is 0.801.